The molecule has 21 heavy (non-hydrogen) atoms. The third-order valence-corrected chi connectivity index (χ3v) is 1.40. The molecule has 0 rings (SSSR count). The Morgan fingerprint density at radius 1 is 1.05 bits per heavy atom. The summed E-state index contributed by atoms with van der Waals surface area (Å²) in [5.41, 5.74) is 0. The van der Waals surface area contributed by atoms with Crippen LogP contribution in [0, 0.1) is 0 Å². The maximum atomic E-state index is 9.55. The lowest BCUT2D eigenvalue weighted by Gasteiger charge is -2.21. The van der Waals surface area contributed by atoms with Gasteiger partial charge in [-0.25, -0.2) is 9.59 Å². The van der Waals surface area contributed by atoms with Gasteiger partial charge >= 0.3 is 11.9 Å². The van der Waals surface area contributed by atoms with E-state index in [9.17, 15) is 9.59 Å². The molecule has 0 aromatic heterocycles. The van der Waals surface area contributed by atoms with Crippen LogP contribution in [0.25, 0.3) is 0 Å². The molecule has 0 spiro atoms. The Morgan fingerprint density at radius 3 is 1.38 bits per heavy atom. The number of carboxylic acid groups (broad SMARTS) is 2. The Hall–Kier alpha value is -1.19. The number of aliphatic carboxylic acids is 2. The van der Waals surface area contributed by atoms with Gasteiger partial charge in [-0.3, -0.25) is 0 Å². The second kappa shape index (κ2) is 16.9. The van der Waals surface area contributed by atoms with Crippen molar-refractivity contribution >= 4 is 11.9 Å². The summed E-state index contributed by atoms with van der Waals surface area (Å²) in [6.07, 6.45) is 0.556. The van der Waals surface area contributed by atoms with Crippen molar-refractivity contribution in [2.24, 2.45) is 0 Å². The van der Waals surface area contributed by atoms with Gasteiger partial charge in [0.2, 0.25) is 0 Å². The maximum Gasteiger partial charge on any atom is 0.328 e. The van der Waals surface area contributed by atoms with Gasteiger partial charge in [-0.05, 0) is 6.92 Å². The number of halogens is 1. The molecule has 0 bridgehead atoms. The number of aliphatic hydroxyl groups excluding tert-OH is 3. The molecule has 0 aliphatic rings. The molecular weight excluding hydrogens is 306 g/mol. The van der Waals surface area contributed by atoms with E-state index in [1.54, 1.807) is 0 Å². The Morgan fingerprint density at radius 2 is 1.33 bits per heavy atom. The zero-order valence-corrected chi connectivity index (χ0v) is 13.5. The number of likely N-dealkylation sites (N-methyl/N-ethyl adjacent to an activating group) is 1. The molecule has 9 heteroatoms. The van der Waals surface area contributed by atoms with Crippen LogP contribution in [-0.4, -0.2) is 89.0 Å². The van der Waals surface area contributed by atoms with Crippen molar-refractivity contribution in [2.45, 2.75) is 13.0 Å². The van der Waals surface area contributed by atoms with Crippen LogP contribution in [-0.2, 0) is 9.59 Å². The van der Waals surface area contributed by atoms with Crippen molar-refractivity contribution in [1.82, 2.24) is 0 Å². The van der Waals surface area contributed by atoms with Gasteiger partial charge in [0.1, 0.15) is 6.54 Å². The average molecular weight is 332 g/mol. The Balaban J connectivity index is -0.000000103. The monoisotopic (exact) mass is 331 g/mol. The highest BCUT2D eigenvalue weighted by atomic mass is 35.5. The number of hydrogen-bond acceptors (Lipinski definition) is 5. The van der Waals surface area contributed by atoms with Crippen molar-refractivity contribution in [3.8, 4) is 0 Å². The quantitative estimate of drug-likeness (QED) is 0.254. The Kier molecular flexibility index (Phi) is 22.5. The fraction of sp³-hybridized carbons (Fsp3) is 0.667. The molecule has 1 unspecified atom stereocenters. The van der Waals surface area contributed by atoms with Gasteiger partial charge in [-0.15, -0.1) is 0 Å². The summed E-state index contributed by atoms with van der Waals surface area (Å²) in [5.74, 6) is -2.51. The van der Waals surface area contributed by atoms with Gasteiger partial charge in [0.05, 0.1) is 40.5 Å². The fourth-order valence-corrected chi connectivity index (χ4v) is 0.443. The topological polar surface area (TPSA) is 135 Å². The summed E-state index contributed by atoms with van der Waals surface area (Å²) in [6, 6.07) is 0. The van der Waals surface area contributed by atoms with Crippen LogP contribution in [0.2, 0.25) is 0 Å². The van der Waals surface area contributed by atoms with E-state index in [1.807, 2.05) is 0 Å². The standard InChI is InChI=1S/C5H14NO.C4H4O4.C3H8O2.ClH/c1-6(2,3)4-5-7;5-3(6)1-2-4(7)8;1-3(5)2-4;/h7H,4-5H2,1-3H3;1-2H,(H,5,6)(H,7,8);3-5H,2H2,1H3;1H/q+1;;;/p-1/b;2-1-;;. The smallest absolute Gasteiger partial charge is 0.328 e. The second-order valence-electron chi connectivity index (χ2n) is 4.78. The largest absolute Gasteiger partial charge is 1.00 e. The summed E-state index contributed by atoms with van der Waals surface area (Å²) in [7, 11) is 6.16. The van der Waals surface area contributed by atoms with E-state index in [4.69, 9.17) is 25.5 Å². The fourth-order valence-electron chi connectivity index (χ4n) is 0.443. The predicted octanol–water partition coefficient (Wildman–Crippen LogP) is -4.24. The minimum atomic E-state index is -1.26. The molecule has 128 valence electrons. The van der Waals surface area contributed by atoms with Crippen LogP contribution in [0.1, 0.15) is 6.92 Å². The van der Waals surface area contributed by atoms with E-state index in [1.165, 1.54) is 6.92 Å². The van der Waals surface area contributed by atoms with Crippen molar-refractivity contribution < 1.29 is 52.0 Å². The summed E-state index contributed by atoms with van der Waals surface area (Å²) >= 11 is 0. The van der Waals surface area contributed by atoms with Gasteiger partial charge in [0.15, 0.2) is 0 Å². The van der Waals surface area contributed by atoms with Gasteiger partial charge in [0, 0.05) is 12.2 Å². The molecule has 0 amide bonds. The molecule has 0 saturated heterocycles. The summed E-state index contributed by atoms with van der Waals surface area (Å²) in [5, 5.41) is 40.0. The van der Waals surface area contributed by atoms with Crippen LogP contribution in [0.3, 0.4) is 0 Å². The van der Waals surface area contributed by atoms with Crippen molar-refractivity contribution in [3.05, 3.63) is 12.2 Å². The molecule has 0 aromatic carbocycles. The van der Waals surface area contributed by atoms with Gasteiger partial charge in [0.25, 0.3) is 0 Å². The summed E-state index contributed by atoms with van der Waals surface area (Å²) < 4.78 is 0.844. The van der Waals surface area contributed by atoms with E-state index in [0.29, 0.717) is 12.2 Å². The first-order valence-electron chi connectivity index (χ1n) is 5.80. The number of rotatable bonds is 5. The Bertz CT molecular complexity index is 272. The average Bonchev–Trinajstić information content (AvgIpc) is 2.26. The Labute approximate surface area is 130 Å². The van der Waals surface area contributed by atoms with E-state index in [-0.39, 0.29) is 25.6 Å². The van der Waals surface area contributed by atoms with Gasteiger partial charge < -0.3 is 42.4 Å². The van der Waals surface area contributed by atoms with Crippen LogP contribution in [0.15, 0.2) is 12.2 Å². The van der Waals surface area contributed by atoms with E-state index < -0.39 is 18.0 Å². The molecular formula is C12H26ClNO7. The molecule has 0 aromatic rings. The normalized spacial score (nSPS) is 11.2. The first-order valence-corrected chi connectivity index (χ1v) is 5.80. The van der Waals surface area contributed by atoms with E-state index >= 15 is 0 Å². The zero-order chi connectivity index (χ0) is 16.8. The lowest BCUT2D eigenvalue weighted by Crippen LogP contribution is -3.00. The first-order chi connectivity index (χ1) is 8.96. The molecule has 0 aliphatic carbocycles. The van der Waals surface area contributed by atoms with E-state index in [2.05, 4.69) is 21.1 Å². The lowest BCUT2D eigenvalue weighted by molar-refractivity contribution is -0.870. The van der Waals surface area contributed by atoms with Crippen LogP contribution in [0.4, 0.5) is 0 Å². The van der Waals surface area contributed by atoms with Gasteiger partial charge in [-0.1, -0.05) is 0 Å². The number of aliphatic hydroxyl groups is 3. The molecule has 1 atom stereocenters. The van der Waals surface area contributed by atoms with E-state index in [0.717, 1.165) is 11.0 Å². The van der Waals surface area contributed by atoms with Crippen molar-refractivity contribution in [2.75, 3.05) is 40.9 Å². The molecule has 0 saturated carbocycles. The number of nitrogens with zero attached hydrogens (tertiary/aromatic N) is 1. The molecule has 0 radical (unpaired) electrons. The minimum absolute atomic E-state index is 0. The highest BCUT2D eigenvalue weighted by molar-refractivity contribution is 5.89. The SMILES string of the molecule is CC(O)CO.C[N+](C)(C)CCO.O=C(O)/C=C\C(=O)O.[Cl-]. The number of carbonyl (C=O) groups is 2. The maximum absolute atomic E-state index is 9.55. The number of quaternary nitrogens is 1. The van der Waals surface area contributed by atoms with Crippen molar-refractivity contribution in [1.29, 1.82) is 0 Å². The second-order valence-corrected chi connectivity index (χ2v) is 4.78. The third kappa shape index (κ3) is 55.2. The van der Waals surface area contributed by atoms with Crippen LogP contribution in [0.5, 0.6) is 0 Å². The lowest BCUT2D eigenvalue weighted by atomic mass is 10.5. The van der Waals surface area contributed by atoms with Crippen LogP contribution >= 0.6 is 0 Å². The van der Waals surface area contributed by atoms with Crippen molar-refractivity contribution in [3.63, 3.8) is 0 Å². The first kappa shape index (κ1) is 28.0. The molecule has 0 aliphatic heterocycles. The molecule has 0 heterocycles. The minimum Gasteiger partial charge on any atom is -1.00 e. The van der Waals surface area contributed by atoms with Crippen LogP contribution < -0.4 is 12.4 Å². The zero-order valence-electron chi connectivity index (χ0n) is 12.7. The summed E-state index contributed by atoms with van der Waals surface area (Å²) in [4.78, 5) is 19.1. The molecule has 0 fully saturated rings. The third-order valence-electron chi connectivity index (χ3n) is 1.40. The number of carboxylic acids is 2. The highest BCUT2D eigenvalue weighted by Crippen LogP contribution is 1.84. The molecule has 8 nitrogen and oxygen atoms in total. The molecule has 5 N–H and O–H groups in total. The number of hydrogen-bond donors (Lipinski definition) is 5. The highest BCUT2D eigenvalue weighted by Gasteiger charge is 2.02. The predicted molar refractivity (Wildman–Crippen MR) is 73.2 cm³/mol. The summed E-state index contributed by atoms with van der Waals surface area (Å²) in [6.45, 7) is 2.50. The van der Waals surface area contributed by atoms with Gasteiger partial charge in [-0.2, -0.15) is 0 Å².